The molecule has 0 aliphatic carbocycles. The zero-order chi connectivity index (χ0) is 13.2. The molecule has 2 rings (SSSR count). The summed E-state index contributed by atoms with van der Waals surface area (Å²) in [5.74, 6) is 1.13. The quantitative estimate of drug-likeness (QED) is 0.851. The maximum absolute atomic E-state index is 4.71. The highest BCUT2D eigenvalue weighted by Gasteiger charge is 2.29. The van der Waals surface area contributed by atoms with Crippen molar-refractivity contribution < 1.29 is 0 Å². The Kier molecular flexibility index (Phi) is 4.07. The van der Waals surface area contributed by atoms with Crippen LogP contribution in [0.1, 0.15) is 38.0 Å². The first kappa shape index (κ1) is 13.6. The smallest absolute Gasteiger partial charge is 0.108 e. The molecule has 1 fully saturated rings. The highest BCUT2D eigenvalue weighted by molar-refractivity contribution is 5.14. The average molecular weight is 250 g/mol. The van der Waals surface area contributed by atoms with Gasteiger partial charge in [0.25, 0.3) is 0 Å². The van der Waals surface area contributed by atoms with Crippen molar-refractivity contribution in [3.8, 4) is 0 Å². The van der Waals surface area contributed by atoms with Crippen molar-refractivity contribution in [2.75, 3.05) is 26.2 Å². The zero-order valence-corrected chi connectivity index (χ0v) is 12.1. The van der Waals surface area contributed by atoms with Crippen LogP contribution in [0.4, 0.5) is 0 Å². The minimum atomic E-state index is 0.178. The fourth-order valence-corrected chi connectivity index (χ4v) is 2.78. The van der Waals surface area contributed by atoms with Gasteiger partial charge in [0.1, 0.15) is 5.82 Å². The van der Waals surface area contributed by atoms with Crippen LogP contribution < -0.4 is 5.32 Å². The number of hydrogen-bond acceptors (Lipinski definition) is 3. The van der Waals surface area contributed by atoms with Crippen molar-refractivity contribution in [3.63, 3.8) is 0 Å². The Morgan fingerprint density at radius 3 is 2.50 bits per heavy atom. The lowest BCUT2D eigenvalue weighted by Crippen LogP contribution is -2.54. The average Bonchev–Trinajstić information content (AvgIpc) is 2.70. The van der Waals surface area contributed by atoms with Crippen LogP contribution in [0.15, 0.2) is 0 Å². The first-order chi connectivity index (χ1) is 8.53. The lowest BCUT2D eigenvalue weighted by molar-refractivity contribution is 0.102. The van der Waals surface area contributed by atoms with E-state index in [1.807, 2.05) is 0 Å². The molecule has 2 heterocycles. The summed E-state index contributed by atoms with van der Waals surface area (Å²) < 4.78 is 0. The van der Waals surface area contributed by atoms with E-state index in [9.17, 15) is 0 Å². The maximum Gasteiger partial charge on any atom is 0.108 e. The van der Waals surface area contributed by atoms with Crippen molar-refractivity contribution in [1.82, 2.24) is 20.2 Å². The summed E-state index contributed by atoms with van der Waals surface area (Å²) in [5, 5.41) is 3.41. The molecule has 0 spiro atoms. The van der Waals surface area contributed by atoms with Gasteiger partial charge >= 0.3 is 0 Å². The number of nitrogens with one attached hydrogen (secondary N) is 2. The van der Waals surface area contributed by atoms with Crippen molar-refractivity contribution >= 4 is 0 Å². The van der Waals surface area contributed by atoms with Crippen molar-refractivity contribution in [3.05, 3.63) is 17.2 Å². The van der Waals surface area contributed by atoms with E-state index >= 15 is 0 Å². The molecule has 0 amide bonds. The topological polar surface area (TPSA) is 44.0 Å². The first-order valence-electron chi connectivity index (χ1n) is 7.03. The number of aromatic nitrogens is 2. The van der Waals surface area contributed by atoms with Gasteiger partial charge in [-0.15, -0.1) is 0 Å². The van der Waals surface area contributed by atoms with Gasteiger partial charge < -0.3 is 10.3 Å². The van der Waals surface area contributed by atoms with Crippen LogP contribution in [-0.4, -0.2) is 46.6 Å². The zero-order valence-electron chi connectivity index (χ0n) is 12.1. The number of H-pyrrole nitrogens is 1. The monoisotopic (exact) mass is 250 g/mol. The summed E-state index contributed by atoms with van der Waals surface area (Å²) in [6, 6.07) is 0. The summed E-state index contributed by atoms with van der Waals surface area (Å²) in [7, 11) is 0. The summed E-state index contributed by atoms with van der Waals surface area (Å²) in [4.78, 5) is 10.7. The molecule has 0 saturated carbocycles. The van der Waals surface area contributed by atoms with Gasteiger partial charge in [-0.3, -0.25) is 4.90 Å². The van der Waals surface area contributed by atoms with Crippen LogP contribution in [-0.2, 0) is 12.8 Å². The molecule has 1 aromatic rings. The summed E-state index contributed by atoms with van der Waals surface area (Å²) >= 11 is 0. The van der Waals surface area contributed by atoms with Gasteiger partial charge in [-0.2, -0.15) is 0 Å². The number of piperazine rings is 1. The molecule has 4 nitrogen and oxygen atoms in total. The van der Waals surface area contributed by atoms with Crippen molar-refractivity contribution in [2.24, 2.45) is 0 Å². The molecule has 0 radical (unpaired) electrons. The predicted molar refractivity (Wildman–Crippen MR) is 74.9 cm³/mol. The van der Waals surface area contributed by atoms with E-state index in [0.29, 0.717) is 0 Å². The van der Waals surface area contributed by atoms with E-state index in [1.165, 1.54) is 11.4 Å². The van der Waals surface area contributed by atoms with Crippen LogP contribution in [0.25, 0.3) is 0 Å². The lowest BCUT2D eigenvalue weighted by atomic mass is 9.97. The first-order valence-corrected chi connectivity index (χ1v) is 7.03. The normalized spacial score (nSPS) is 18.2. The van der Waals surface area contributed by atoms with E-state index in [0.717, 1.165) is 44.8 Å². The highest BCUT2D eigenvalue weighted by Crippen LogP contribution is 2.20. The lowest BCUT2D eigenvalue weighted by Gasteiger charge is -2.40. The molecule has 2 N–H and O–H groups in total. The summed E-state index contributed by atoms with van der Waals surface area (Å²) in [6.45, 7) is 13.4. The van der Waals surface area contributed by atoms with Gasteiger partial charge in [-0.1, -0.05) is 6.92 Å². The second-order valence-corrected chi connectivity index (χ2v) is 5.84. The van der Waals surface area contributed by atoms with Crippen LogP contribution in [0.5, 0.6) is 0 Å². The molecule has 102 valence electrons. The Morgan fingerprint density at radius 2 is 1.94 bits per heavy atom. The molecule has 1 saturated heterocycles. The van der Waals surface area contributed by atoms with Crippen LogP contribution in [0, 0.1) is 6.92 Å². The maximum atomic E-state index is 4.71. The van der Waals surface area contributed by atoms with Gasteiger partial charge in [0, 0.05) is 43.8 Å². The summed E-state index contributed by atoms with van der Waals surface area (Å²) in [6.07, 6.45) is 2.00. The van der Waals surface area contributed by atoms with E-state index in [-0.39, 0.29) is 5.54 Å². The third-order valence-corrected chi connectivity index (χ3v) is 3.94. The molecule has 18 heavy (non-hydrogen) atoms. The molecule has 1 aliphatic heterocycles. The van der Waals surface area contributed by atoms with Gasteiger partial charge in [0.2, 0.25) is 0 Å². The number of hydrogen-bond donors (Lipinski definition) is 2. The number of nitrogens with zero attached hydrogens (tertiary/aromatic N) is 2. The molecule has 1 aromatic heterocycles. The molecular weight excluding hydrogens is 224 g/mol. The van der Waals surface area contributed by atoms with Crippen LogP contribution >= 0.6 is 0 Å². The Hall–Kier alpha value is -0.870. The van der Waals surface area contributed by atoms with E-state index in [1.54, 1.807) is 0 Å². The van der Waals surface area contributed by atoms with Crippen molar-refractivity contribution in [1.29, 1.82) is 0 Å². The minimum Gasteiger partial charge on any atom is -0.346 e. The van der Waals surface area contributed by atoms with Crippen LogP contribution in [0.2, 0.25) is 0 Å². The van der Waals surface area contributed by atoms with Crippen molar-refractivity contribution in [2.45, 2.75) is 46.1 Å². The Bertz CT molecular complexity index is 388. The molecule has 0 aromatic carbocycles. The number of aryl methyl sites for hydroxylation is 2. The highest BCUT2D eigenvalue weighted by atomic mass is 15.2. The van der Waals surface area contributed by atoms with E-state index < -0.39 is 0 Å². The third kappa shape index (κ3) is 2.93. The molecule has 4 heteroatoms. The fraction of sp³-hybridized carbons (Fsp3) is 0.786. The fourth-order valence-electron chi connectivity index (χ4n) is 2.78. The Balaban J connectivity index is 2.05. The third-order valence-electron chi connectivity index (χ3n) is 3.94. The molecule has 1 aliphatic rings. The Morgan fingerprint density at radius 1 is 1.28 bits per heavy atom. The van der Waals surface area contributed by atoms with Gasteiger partial charge in [0.05, 0.1) is 5.69 Å². The number of rotatable bonds is 4. The predicted octanol–water partition coefficient (Wildman–Crippen LogP) is 1.51. The van der Waals surface area contributed by atoms with Crippen LogP contribution in [0.3, 0.4) is 0 Å². The molecule has 0 atom stereocenters. The molecule has 0 unspecified atom stereocenters. The number of aromatic amines is 1. The Labute approximate surface area is 110 Å². The van der Waals surface area contributed by atoms with E-state index in [4.69, 9.17) is 4.98 Å². The second-order valence-electron chi connectivity index (χ2n) is 5.84. The molecular formula is C14H26N4. The summed E-state index contributed by atoms with van der Waals surface area (Å²) in [5.41, 5.74) is 2.61. The molecule has 0 bridgehead atoms. The van der Waals surface area contributed by atoms with Gasteiger partial charge in [-0.05, 0) is 27.2 Å². The van der Waals surface area contributed by atoms with Gasteiger partial charge in [0.15, 0.2) is 0 Å². The largest absolute Gasteiger partial charge is 0.346 e. The SMILES string of the molecule is CCc1nc(CC(C)(C)N2CCNCC2)[nH]c1C. The van der Waals surface area contributed by atoms with E-state index in [2.05, 4.69) is 42.9 Å². The number of imidazole rings is 1. The second kappa shape index (κ2) is 5.41. The standard InChI is InChI=1S/C14H26N4/c1-5-12-11(2)16-13(17-12)10-14(3,4)18-8-6-15-7-9-18/h15H,5-10H2,1-4H3,(H,16,17). The minimum absolute atomic E-state index is 0.178. The van der Waals surface area contributed by atoms with Gasteiger partial charge in [-0.25, -0.2) is 4.98 Å².